The fourth-order valence-corrected chi connectivity index (χ4v) is 4.96. The zero-order chi connectivity index (χ0) is 18.7. The standard InChI is InChI=1S/C20H21NO5/c1-4-26-18(24)20-15(22)11-13-7-5-12-6-8-14(25-3)17(23)16(12)19(13,20)9-10-21(20)2/h5-8,11,23H,4,9-10H2,1-3H3/t19-,20-/m1/s1. The molecule has 1 aromatic rings. The number of ketones is 1. The van der Waals surface area contributed by atoms with E-state index in [1.165, 1.54) is 13.2 Å². The number of likely N-dealkylation sites (N-methyl/N-ethyl adjacent to an activating group) is 1. The van der Waals surface area contributed by atoms with Crippen molar-refractivity contribution in [3.63, 3.8) is 0 Å². The minimum absolute atomic E-state index is 0.0288. The van der Waals surface area contributed by atoms with Gasteiger partial charge in [-0.05, 0) is 43.7 Å². The summed E-state index contributed by atoms with van der Waals surface area (Å²) < 4.78 is 10.6. The molecule has 4 rings (SSSR count). The number of rotatable bonds is 3. The predicted molar refractivity (Wildman–Crippen MR) is 95.1 cm³/mol. The predicted octanol–water partition coefficient (Wildman–Crippen LogP) is 1.81. The van der Waals surface area contributed by atoms with E-state index in [0.29, 0.717) is 24.3 Å². The Morgan fingerprint density at radius 3 is 2.81 bits per heavy atom. The topological polar surface area (TPSA) is 76.1 Å². The lowest BCUT2D eigenvalue weighted by molar-refractivity contribution is -0.160. The maximum atomic E-state index is 13.2. The molecule has 1 saturated heterocycles. The molecule has 2 atom stereocenters. The van der Waals surface area contributed by atoms with Gasteiger partial charge in [-0.25, -0.2) is 4.79 Å². The first kappa shape index (κ1) is 16.8. The Bertz CT molecular complexity index is 886. The van der Waals surface area contributed by atoms with E-state index in [1.807, 2.05) is 18.2 Å². The summed E-state index contributed by atoms with van der Waals surface area (Å²) in [6.07, 6.45) is 5.77. The van der Waals surface area contributed by atoms with Crippen LogP contribution < -0.4 is 4.74 Å². The lowest BCUT2D eigenvalue weighted by Gasteiger charge is -2.44. The van der Waals surface area contributed by atoms with E-state index in [4.69, 9.17) is 9.47 Å². The molecule has 1 aromatic carbocycles. The molecule has 0 radical (unpaired) electrons. The van der Waals surface area contributed by atoms with Gasteiger partial charge in [0, 0.05) is 12.1 Å². The Hall–Kier alpha value is -2.60. The van der Waals surface area contributed by atoms with E-state index in [-0.39, 0.29) is 18.1 Å². The molecule has 1 heterocycles. The second kappa shape index (κ2) is 5.45. The molecule has 26 heavy (non-hydrogen) atoms. The van der Waals surface area contributed by atoms with Gasteiger partial charge in [-0.15, -0.1) is 0 Å². The van der Waals surface area contributed by atoms with Crippen molar-refractivity contribution in [3.8, 4) is 11.5 Å². The highest BCUT2D eigenvalue weighted by Crippen LogP contribution is 2.62. The number of phenols is 1. The van der Waals surface area contributed by atoms with Crippen molar-refractivity contribution in [3.05, 3.63) is 41.0 Å². The summed E-state index contributed by atoms with van der Waals surface area (Å²) in [5.74, 6) is -0.580. The van der Waals surface area contributed by atoms with Crippen molar-refractivity contribution >= 4 is 17.8 Å². The Morgan fingerprint density at radius 1 is 1.35 bits per heavy atom. The Morgan fingerprint density at radius 2 is 2.12 bits per heavy atom. The smallest absolute Gasteiger partial charge is 0.336 e. The van der Waals surface area contributed by atoms with Gasteiger partial charge in [-0.1, -0.05) is 18.2 Å². The molecule has 6 heteroatoms. The maximum absolute atomic E-state index is 13.2. The van der Waals surface area contributed by atoms with Gasteiger partial charge in [0.15, 0.2) is 22.8 Å². The van der Waals surface area contributed by atoms with Gasteiger partial charge in [0.2, 0.25) is 0 Å². The molecule has 3 aliphatic rings. The number of ether oxygens (including phenoxy) is 2. The van der Waals surface area contributed by atoms with E-state index < -0.39 is 16.9 Å². The maximum Gasteiger partial charge on any atom is 0.336 e. The number of carbonyl (C=O) groups is 2. The summed E-state index contributed by atoms with van der Waals surface area (Å²) in [5.41, 5.74) is -0.404. The van der Waals surface area contributed by atoms with Crippen LogP contribution in [0.1, 0.15) is 24.5 Å². The van der Waals surface area contributed by atoms with Gasteiger partial charge in [0.1, 0.15) is 0 Å². The average Bonchev–Trinajstić information content (AvgIpc) is 3.06. The largest absolute Gasteiger partial charge is 0.504 e. The normalized spacial score (nSPS) is 29.0. The number of nitrogens with zero attached hydrogens (tertiary/aromatic N) is 1. The highest BCUT2D eigenvalue weighted by molar-refractivity contribution is 6.20. The van der Waals surface area contributed by atoms with Crippen LogP contribution in [0.5, 0.6) is 11.5 Å². The Kier molecular flexibility index (Phi) is 3.53. The molecule has 136 valence electrons. The van der Waals surface area contributed by atoms with E-state index >= 15 is 0 Å². The lowest BCUT2D eigenvalue weighted by atomic mass is 9.60. The number of benzene rings is 1. The number of fused-ring (bicyclic) bond motifs is 1. The SMILES string of the molecule is CCOC(=O)[C@]12C(=O)C=C3C=Cc4ccc(OC)c(O)c4[C@@]31CCN2C. The number of allylic oxidation sites excluding steroid dienone is 1. The summed E-state index contributed by atoms with van der Waals surface area (Å²) >= 11 is 0. The van der Waals surface area contributed by atoms with E-state index in [0.717, 1.165) is 11.1 Å². The van der Waals surface area contributed by atoms with Crippen LogP contribution in [-0.2, 0) is 19.7 Å². The van der Waals surface area contributed by atoms with Crippen LogP contribution in [0, 0.1) is 0 Å². The van der Waals surface area contributed by atoms with Gasteiger partial charge >= 0.3 is 5.97 Å². The van der Waals surface area contributed by atoms with Crippen molar-refractivity contribution in [2.45, 2.75) is 24.3 Å². The number of likely N-dealkylation sites (tertiary alicyclic amines) is 1. The molecule has 0 bridgehead atoms. The number of hydrogen-bond acceptors (Lipinski definition) is 6. The number of hydrogen-bond donors (Lipinski definition) is 1. The van der Waals surface area contributed by atoms with Crippen LogP contribution in [0.15, 0.2) is 29.9 Å². The van der Waals surface area contributed by atoms with E-state index in [1.54, 1.807) is 24.9 Å². The molecule has 1 aliphatic heterocycles. The van der Waals surface area contributed by atoms with Gasteiger partial charge in [0.25, 0.3) is 0 Å². The van der Waals surface area contributed by atoms with Gasteiger partial charge in [-0.3, -0.25) is 9.69 Å². The minimum atomic E-state index is -1.50. The molecule has 1 N–H and O–H groups in total. The first-order valence-corrected chi connectivity index (χ1v) is 8.68. The molecule has 0 amide bonds. The number of aromatic hydroxyl groups is 1. The molecule has 2 aliphatic carbocycles. The van der Waals surface area contributed by atoms with E-state index in [2.05, 4.69) is 0 Å². The van der Waals surface area contributed by atoms with Crippen LogP contribution in [-0.4, -0.2) is 54.6 Å². The highest BCUT2D eigenvalue weighted by atomic mass is 16.5. The van der Waals surface area contributed by atoms with Crippen molar-refractivity contribution in [2.24, 2.45) is 0 Å². The summed E-state index contributed by atoms with van der Waals surface area (Å²) in [6.45, 7) is 2.44. The number of carbonyl (C=O) groups excluding carboxylic acids is 2. The number of methoxy groups -OCH3 is 1. The van der Waals surface area contributed by atoms with Gasteiger partial charge in [-0.2, -0.15) is 0 Å². The summed E-state index contributed by atoms with van der Waals surface area (Å²) in [6, 6.07) is 3.53. The van der Waals surface area contributed by atoms with Crippen LogP contribution in [0.4, 0.5) is 0 Å². The number of phenolic OH excluding ortho intramolecular Hbond substituents is 1. The average molecular weight is 355 g/mol. The molecule has 0 aromatic heterocycles. The first-order chi connectivity index (χ1) is 12.4. The van der Waals surface area contributed by atoms with Crippen molar-refractivity contribution in [1.82, 2.24) is 4.90 Å². The molecule has 0 saturated carbocycles. The molecular weight excluding hydrogens is 334 g/mol. The zero-order valence-corrected chi connectivity index (χ0v) is 15.0. The third-order valence-electron chi connectivity index (χ3n) is 5.98. The first-order valence-electron chi connectivity index (χ1n) is 8.68. The zero-order valence-electron chi connectivity index (χ0n) is 15.0. The van der Waals surface area contributed by atoms with Crippen molar-refractivity contribution in [2.75, 3.05) is 27.3 Å². The highest BCUT2D eigenvalue weighted by Gasteiger charge is 2.73. The Balaban J connectivity index is 2.08. The summed E-state index contributed by atoms with van der Waals surface area (Å²) in [4.78, 5) is 28.1. The second-order valence-corrected chi connectivity index (χ2v) is 6.89. The van der Waals surface area contributed by atoms with Crippen LogP contribution in [0.3, 0.4) is 0 Å². The van der Waals surface area contributed by atoms with Gasteiger partial charge < -0.3 is 14.6 Å². The lowest BCUT2D eigenvalue weighted by Crippen LogP contribution is -2.63. The monoisotopic (exact) mass is 355 g/mol. The summed E-state index contributed by atoms with van der Waals surface area (Å²) in [7, 11) is 3.24. The number of esters is 1. The Labute approximate surface area is 151 Å². The third-order valence-corrected chi connectivity index (χ3v) is 5.98. The second-order valence-electron chi connectivity index (χ2n) is 6.89. The molecule has 1 fully saturated rings. The van der Waals surface area contributed by atoms with Crippen LogP contribution in [0.25, 0.3) is 6.08 Å². The van der Waals surface area contributed by atoms with Crippen molar-refractivity contribution in [1.29, 1.82) is 0 Å². The van der Waals surface area contributed by atoms with Gasteiger partial charge in [0.05, 0.1) is 19.1 Å². The molecule has 6 nitrogen and oxygen atoms in total. The molecule has 1 spiro atoms. The third kappa shape index (κ3) is 1.65. The van der Waals surface area contributed by atoms with Crippen molar-refractivity contribution < 1.29 is 24.2 Å². The van der Waals surface area contributed by atoms with Crippen LogP contribution in [0.2, 0.25) is 0 Å². The minimum Gasteiger partial charge on any atom is -0.504 e. The quantitative estimate of drug-likeness (QED) is 0.658. The fraction of sp³-hybridized carbons (Fsp3) is 0.400. The van der Waals surface area contributed by atoms with E-state index in [9.17, 15) is 14.7 Å². The fourth-order valence-electron chi connectivity index (χ4n) is 4.96. The summed E-state index contributed by atoms with van der Waals surface area (Å²) in [5, 5.41) is 11.0. The molecular formula is C20H21NO5. The molecule has 0 unspecified atom stereocenters. The van der Waals surface area contributed by atoms with Crippen LogP contribution >= 0.6 is 0 Å².